The maximum absolute atomic E-state index is 6.00. The first-order chi connectivity index (χ1) is 12.8. The van der Waals surface area contributed by atoms with Crippen LogP contribution in [0.2, 0.25) is 0 Å². The second kappa shape index (κ2) is 9.25. The largest absolute Gasteiger partial charge is 0.490 e. The van der Waals surface area contributed by atoms with Gasteiger partial charge in [0.25, 0.3) is 0 Å². The van der Waals surface area contributed by atoms with Crippen molar-refractivity contribution in [1.82, 2.24) is 0 Å². The summed E-state index contributed by atoms with van der Waals surface area (Å²) >= 11 is 0. The van der Waals surface area contributed by atoms with E-state index < -0.39 is 0 Å². The topological polar surface area (TPSA) is 44.5 Å². The Balaban J connectivity index is 1.60. The summed E-state index contributed by atoms with van der Waals surface area (Å²) in [4.78, 5) is 0. The second-order valence-electron chi connectivity index (χ2n) is 6.39. The van der Waals surface area contributed by atoms with Crippen molar-refractivity contribution in [3.8, 4) is 11.5 Å². The maximum Gasteiger partial charge on any atom is 0.123 e. The van der Waals surface area contributed by atoms with Gasteiger partial charge in [0.05, 0.1) is 0 Å². The number of ether oxygens (including phenoxy) is 2. The molecule has 26 heavy (non-hydrogen) atoms. The molecule has 2 N–H and O–H groups in total. The Kier molecular flexibility index (Phi) is 6.50. The number of rotatable bonds is 9. The zero-order valence-electron chi connectivity index (χ0n) is 15.4. The van der Waals surface area contributed by atoms with Crippen LogP contribution in [0.5, 0.6) is 11.5 Å². The average molecular weight is 349 g/mol. The Labute approximate surface area is 155 Å². The summed E-state index contributed by atoms with van der Waals surface area (Å²) in [7, 11) is 0. The zero-order chi connectivity index (χ0) is 18.2. The van der Waals surface area contributed by atoms with Gasteiger partial charge < -0.3 is 15.2 Å². The molecule has 0 spiro atoms. The Bertz CT molecular complexity index is 827. The maximum atomic E-state index is 6.00. The molecule has 0 unspecified atom stereocenters. The average Bonchev–Trinajstić information content (AvgIpc) is 2.68. The van der Waals surface area contributed by atoms with Crippen molar-refractivity contribution in [3.63, 3.8) is 0 Å². The van der Waals surface area contributed by atoms with E-state index in [1.54, 1.807) is 0 Å². The lowest BCUT2D eigenvalue weighted by Crippen LogP contribution is -2.11. The highest BCUT2D eigenvalue weighted by molar-refractivity contribution is 5.87. The Hall–Kier alpha value is -2.52. The molecule has 0 saturated heterocycles. The number of fused-ring (bicyclic) bond motifs is 1. The minimum Gasteiger partial charge on any atom is -0.490 e. The van der Waals surface area contributed by atoms with Crippen LogP contribution in [0.4, 0.5) is 0 Å². The van der Waals surface area contributed by atoms with Gasteiger partial charge in [-0.05, 0) is 53.9 Å². The van der Waals surface area contributed by atoms with Gasteiger partial charge in [-0.3, -0.25) is 0 Å². The molecule has 3 aromatic carbocycles. The first-order valence-corrected chi connectivity index (χ1v) is 9.37. The summed E-state index contributed by atoms with van der Waals surface area (Å²) in [6, 6.07) is 20.8. The van der Waals surface area contributed by atoms with Gasteiger partial charge >= 0.3 is 0 Å². The van der Waals surface area contributed by atoms with Crippen LogP contribution in [-0.4, -0.2) is 19.8 Å². The van der Waals surface area contributed by atoms with E-state index in [9.17, 15) is 0 Å². The van der Waals surface area contributed by atoms with Crippen molar-refractivity contribution in [2.75, 3.05) is 19.8 Å². The van der Waals surface area contributed by atoms with Crippen molar-refractivity contribution < 1.29 is 9.47 Å². The van der Waals surface area contributed by atoms with Gasteiger partial charge in [-0.1, -0.05) is 55.8 Å². The van der Waals surface area contributed by atoms with E-state index in [0.717, 1.165) is 30.8 Å². The molecule has 0 aliphatic rings. The highest BCUT2D eigenvalue weighted by atomic mass is 16.5. The van der Waals surface area contributed by atoms with E-state index in [2.05, 4.69) is 49.4 Å². The highest BCUT2D eigenvalue weighted by Gasteiger charge is 2.08. The monoisotopic (exact) mass is 349 g/mol. The molecule has 0 aliphatic carbocycles. The van der Waals surface area contributed by atoms with Gasteiger partial charge in [0.2, 0.25) is 0 Å². The van der Waals surface area contributed by atoms with Gasteiger partial charge in [-0.25, -0.2) is 0 Å². The predicted octanol–water partition coefficient (Wildman–Crippen LogP) is 4.75. The minimum absolute atomic E-state index is 0.507. The Morgan fingerprint density at radius 3 is 2.35 bits per heavy atom. The first-order valence-electron chi connectivity index (χ1n) is 9.37. The molecule has 0 aromatic heterocycles. The second-order valence-corrected chi connectivity index (χ2v) is 6.39. The smallest absolute Gasteiger partial charge is 0.123 e. The third-order valence-electron chi connectivity index (χ3n) is 4.46. The van der Waals surface area contributed by atoms with Crippen molar-refractivity contribution in [1.29, 1.82) is 0 Å². The molecule has 0 aliphatic heterocycles. The van der Waals surface area contributed by atoms with Crippen molar-refractivity contribution in [3.05, 3.63) is 71.8 Å². The number of nitrogens with two attached hydrogens (primary N) is 1. The van der Waals surface area contributed by atoms with E-state index in [1.807, 2.05) is 18.2 Å². The van der Waals surface area contributed by atoms with Crippen LogP contribution in [0.3, 0.4) is 0 Å². The summed E-state index contributed by atoms with van der Waals surface area (Å²) in [5.41, 5.74) is 8.33. The third-order valence-corrected chi connectivity index (χ3v) is 4.46. The van der Waals surface area contributed by atoms with Crippen molar-refractivity contribution >= 4 is 10.8 Å². The molecule has 0 amide bonds. The molecular weight excluding hydrogens is 322 g/mol. The number of hydrogen-bond acceptors (Lipinski definition) is 3. The molecule has 0 saturated carbocycles. The summed E-state index contributed by atoms with van der Waals surface area (Å²) in [6.07, 6.45) is 3.07. The molecule has 0 radical (unpaired) electrons. The van der Waals surface area contributed by atoms with Gasteiger partial charge in [0.15, 0.2) is 0 Å². The molecule has 3 rings (SSSR count). The fourth-order valence-corrected chi connectivity index (χ4v) is 3.21. The molecule has 136 valence electrons. The van der Waals surface area contributed by atoms with Crippen LogP contribution in [0.25, 0.3) is 10.8 Å². The van der Waals surface area contributed by atoms with Crippen LogP contribution < -0.4 is 15.2 Å². The van der Waals surface area contributed by atoms with Crippen LogP contribution in [0.1, 0.15) is 24.5 Å². The zero-order valence-corrected chi connectivity index (χ0v) is 15.4. The summed E-state index contributed by atoms with van der Waals surface area (Å²) in [6.45, 7) is 3.81. The Morgan fingerprint density at radius 1 is 0.808 bits per heavy atom. The molecular formula is C23H27NO2. The SMILES string of the molecule is CCCc1ccc(OCCOc2ccc3ccccc3c2CCN)cc1. The van der Waals surface area contributed by atoms with Gasteiger partial charge in [-0.2, -0.15) is 0 Å². The molecule has 0 bridgehead atoms. The molecule has 0 fully saturated rings. The van der Waals surface area contributed by atoms with E-state index in [1.165, 1.54) is 21.9 Å². The van der Waals surface area contributed by atoms with Crippen LogP contribution in [-0.2, 0) is 12.8 Å². The molecule has 3 aromatic rings. The van der Waals surface area contributed by atoms with Gasteiger partial charge in [-0.15, -0.1) is 0 Å². The number of benzene rings is 3. The normalized spacial score (nSPS) is 10.8. The lowest BCUT2D eigenvalue weighted by molar-refractivity contribution is 0.216. The standard InChI is InChI=1S/C23H27NO2/c1-2-5-18-8-11-20(12-9-18)25-16-17-26-23-13-10-19-6-3-4-7-21(19)22(23)14-15-24/h3-4,6-13H,2,5,14-17,24H2,1H3. The summed E-state index contributed by atoms with van der Waals surface area (Å²) in [5.74, 6) is 1.78. The minimum atomic E-state index is 0.507. The quantitative estimate of drug-likeness (QED) is 0.567. The number of aryl methyl sites for hydroxylation is 1. The van der Waals surface area contributed by atoms with Crippen LogP contribution in [0.15, 0.2) is 60.7 Å². The third kappa shape index (κ3) is 4.55. The van der Waals surface area contributed by atoms with E-state index in [0.29, 0.717) is 19.8 Å². The van der Waals surface area contributed by atoms with E-state index in [-0.39, 0.29) is 0 Å². The van der Waals surface area contributed by atoms with Crippen LogP contribution >= 0.6 is 0 Å². The van der Waals surface area contributed by atoms with Crippen molar-refractivity contribution in [2.45, 2.75) is 26.2 Å². The molecule has 3 heteroatoms. The Morgan fingerprint density at radius 2 is 1.58 bits per heavy atom. The van der Waals surface area contributed by atoms with Crippen molar-refractivity contribution in [2.24, 2.45) is 5.73 Å². The van der Waals surface area contributed by atoms with Gasteiger partial charge in [0, 0.05) is 5.56 Å². The highest BCUT2D eigenvalue weighted by Crippen LogP contribution is 2.28. The fraction of sp³-hybridized carbons (Fsp3) is 0.304. The molecule has 3 nitrogen and oxygen atoms in total. The van der Waals surface area contributed by atoms with Gasteiger partial charge in [0.1, 0.15) is 24.7 Å². The molecule has 0 atom stereocenters. The number of hydrogen-bond donors (Lipinski definition) is 1. The lowest BCUT2D eigenvalue weighted by atomic mass is 10.0. The lowest BCUT2D eigenvalue weighted by Gasteiger charge is -2.14. The van der Waals surface area contributed by atoms with E-state index >= 15 is 0 Å². The predicted molar refractivity (Wildman–Crippen MR) is 108 cm³/mol. The first kappa shape index (κ1) is 18.3. The fourth-order valence-electron chi connectivity index (χ4n) is 3.21. The summed E-state index contributed by atoms with van der Waals surface area (Å²) in [5, 5.41) is 2.43. The van der Waals surface area contributed by atoms with E-state index in [4.69, 9.17) is 15.2 Å². The molecule has 0 heterocycles. The van der Waals surface area contributed by atoms with Crippen LogP contribution in [0, 0.1) is 0 Å². The summed E-state index contributed by atoms with van der Waals surface area (Å²) < 4.78 is 11.8.